The number of rotatable bonds is 19. The molecule has 0 saturated heterocycles. The van der Waals surface area contributed by atoms with Gasteiger partial charge in [0.15, 0.2) is 0 Å². The maximum atomic E-state index is 14.0. The van der Waals surface area contributed by atoms with Crippen LogP contribution in [0.3, 0.4) is 0 Å². The highest BCUT2D eigenvalue weighted by molar-refractivity contribution is 7.49. The Balaban J connectivity index is 1.06. The smallest absolute Gasteiger partial charge is 0.395 e. The van der Waals surface area contributed by atoms with Gasteiger partial charge in [0, 0.05) is 11.8 Å². The number of phosphoric ester groups is 2. The van der Waals surface area contributed by atoms with E-state index in [0.717, 1.165) is 11.1 Å². The molecule has 0 aliphatic rings. The molecule has 0 radical (unpaired) electrons. The topological polar surface area (TPSA) is 89.5 Å². The summed E-state index contributed by atoms with van der Waals surface area (Å²) >= 11 is 0. The number of para-hydroxylation sites is 2. The predicted molar refractivity (Wildman–Crippen MR) is 213 cm³/mol. The van der Waals surface area contributed by atoms with Gasteiger partial charge in [-0.2, -0.15) is 0 Å². The van der Waals surface area contributed by atoms with E-state index in [0.29, 0.717) is 35.8 Å². The van der Waals surface area contributed by atoms with Gasteiger partial charge in [-0.25, -0.2) is 9.13 Å². The maximum absolute atomic E-state index is 14.0. The van der Waals surface area contributed by atoms with Crippen LogP contribution in [0.15, 0.2) is 170 Å². The fourth-order valence-corrected chi connectivity index (χ4v) is 8.19. The van der Waals surface area contributed by atoms with E-state index in [-0.39, 0.29) is 25.0 Å². The molecular weight excluding hydrogens is 718 g/mol. The van der Waals surface area contributed by atoms with E-state index < -0.39 is 15.6 Å². The van der Waals surface area contributed by atoms with Crippen LogP contribution in [0.1, 0.15) is 60.8 Å². The minimum absolute atomic E-state index is 0.0162. The van der Waals surface area contributed by atoms with Crippen molar-refractivity contribution in [1.29, 1.82) is 0 Å². The highest BCUT2D eigenvalue weighted by atomic mass is 31.2. The van der Waals surface area contributed by atoms with Gasteiger partial charge in [0.1, 0.15) is 23.0 Å². The average molecular weight is 763 g/mol. The van der Waals surface area contributed by atoms with Crippen molar-refractivity contribution in [2.24, 2.45) is 0 Å². The molecule has 10 heteroatoms. The third-order valence-electron chi connectivity index (χ3n) is 8.75. The van der Waals surface area contributed by atoms with Crippen molar-refractivity contribution in [3.05, 3.63) is 192 Å². The van der Waals surface area contributed by atoms with E-state index in [1.54, 1.807) is 72.8 Å². The van der Waals surface area contributed by atoms with Crippen molar-refractivity contribution >= 4 is 15.6 Å². The van der Waals surface area contributed by atoms with Gasteiger partial charge >= 0.3 is 15.6 Å². The third-order valence-corrected chi connectivity index (χ3v) is 11.5. The van der Waals surface area contributed by atoms with Gasteiger partial charge in [-0.1, -0.05) is 135 Å². The van der Waals surface area contributed by atoms with Gasteiger partial charge in [-0.05, 0) is 83.6 Å². The maximum Gasteiger partial charge on any atom is 0.587 e. The number of hydrogen-bond acceptors (Lipinski definition) is 8. The number of unbranched alkanes of at least 4 members (excludes halogenated alkanes) is 1. The molecule has 0 aromatic heterocycles. The molecular formula is C44H44O8P2. The molecule has 0 aliphatic heterocycles. The van der Waals surface area contributed by atoms with Crippen LogP contribution >= 0.6 is 15.6 Å². The van der Waals surface area contributed by atoms with E-state index in [1.165, 1.54) is 11.1 Å². The first kappa shape index (κ1) is 38.6. The lowest BCUT2D eigenvalue weighted by Crippen LogP contribution is -2.08. The Hall–Kier alpha value is -5.10. The molecule has 0 spiro atoms. The van der Waals surface area contributed by atoms with Crippen LogP contribution in [0.25, 0.3) is 0 Å². The summed E-state index contributed by atoms with van der Waals surface area (Å²) < 4.78 is 62.8. The number of phosphoric acid groups is 2. The summed E-state index contributed by atoms with van der Waals surface area (Å²) in [6.45, 7) is 4.29. The summed E-state index contributed by atoms with van der Waals surface area (Å²) in [5.41, 5.74) is 4.55. The zero-order valence-electron chi connectivity index (χ0n) is 30.3. The second-order valence-electron chi connectivity index (χ2n) is 12.7. The Kier molecular flexibility index (Phi) is 13.4. The molecule has 6 aromatic rings. The number of hydrogen-bond donors (Lipinski definition) is 0. The lowest BCUT2D eigenvalue weighted by atomic mass is 9.93. The molecule has 0 amide bonds. The molecule has 0 heterocycles. The van der Waals surface area contributed by atoms with Crippen LogP contribution in [0.4, 0.5) is 0 Å². The second-order valence-corrected chi connectivity index (χ2v) is 15.7. The van der Waals surface area contributed by atoms with Crippen LogP contribution < -0.4 is 18.1 Å². The summed E-state index contributed by atoms with van der Waals surface area (Å²) in [4.78, 5) is 0. The molecule has 0 fully saturated rings. The lowest BCUT2D eigenvalue weighted by Gasteiger charge is -2.20. The van der Waals surface area contributed by atoms with Crippen molar-refractivity contribution in [2.45, 2.75) is 38.5 Å². The first-order chi connectivity index (χ1) is 26.3. The first-order valence-electron chi connectivity index (χ1n) is 17.9. The largest absolute Gasteiger partial charge is 0.587 e. The Morgan fingerprint density at radius 1 is 0.370 bits per heavy atom. The van der Waals surface area contributed by atoms with Crippen molar-refractivity contribution in [2.75, 3.05) is 13.2 Å². The fourth-order valence-electron chi connectivity index (χ4n) is 5.68. The summed E-state index contributed by atoms with van der Waals surface area (Å²) in [5.74, 6) is 1.72. The fraction of sp³-hybridized carbons (Fsp3) is 0.182. The van der Waals surface area contributed by atoms with Gasteiger partial charge < -0.3 is 18.1 Å². The molecule has 278 valence electrons. The standard InChI is InChI=1S/C44H44O8P2/c1-35(37-17-7-3-8-18-37)39-25-29-43(30-26-39)51-53(45,49-41-21-11-5-12-22-41)47-33-15-16-34-48-54(46,50-42-23-13-6-14-24-42)52-44-31-27-40(28-32-44)36(2)38-19-9-4-10-20-38/h3-14,17-32,35-36H,15-16,33-34H2,1-2H3. The van der Waals surface area contributed by atoms with Crippen LogP contribution in [0.5, 0.6) is 23.0 Å². The minimum Gasteiger partial charge on any atom is -0.395 e. The van der Waals surface area contributed by atoms with Gasteiger partial charge in [0.2, 0.25) is 0 Å². The molecule has 54 heavy (non-hydrogen) atoms. The Morgan fingerprint density at radius 3 is 0.944 bits per heavy atom. The zero-order chi connectivity index (χ0) is 37.6. The van der Waals surface area contributed by atoms with Crippen molar-refractivity contribution in [3.63, 3.8) is 0 Å². The highest BCUT2D eigenvalue weighted by Gasteiger charge is 2.32. The molecule has 6 rings (SSSR count). The van der Waals surface area contributed by atoms with E-state index >= 15 is 0 Å². The van der Waals surface area contributed by atoms with Gasteiger partial charge in [-0.3, -0.25) is 9.05 Å². The molecule has 4 atom stereocenters. The normalized spacial score (nSPS) is 14.5. The summed E-state index contributed by atoms with van der Waals surface area (Å²) in [7, 11) is -8.22. The van der Waals surface area contributed by atoms with Crippen LogP contribution in [-0.2, 0) is 18.2 Å². The highest BCUT2D eigenvalue weighted by Crippen LogP contribution is 2.51. The molecule has 0 N–H and O–H groups in total. The second kappa shape index (κ2) is 18.8. The quantitative estimate of drug-likeness (QED) is 0.0595. The minimum atomic E-state index is -4.11. The zero-order valence-corrected chi connectivity index (χ0v) is 32.1. The van der Waals surface area contributed by atoms with Gasteiger partial charge in [-0.15, -0.1) is 0 Å². The SMILES string of the molecule is CC(c1ccccc1)c1ccc(OP(=O)(OCCCCOP(=O)(Oc2ccccc2)Oc2ccc(C(C)c3ccccc3)cc2)Oc2ccccc2)cc1. The molecule has 0 saturated carbocycles. The molecule has 8 nitrogen and oxygen atoms in total. The average Bonchev–Trinajstić information content (AvgIpc) is 3.20. The Labute approximate surface area is 317 Å². The molecule has 4 unspecified atom stereocenters. The van der Waals surface area contributed by atoms with E-state index in [2.05, 4.69) is 38.1 Å². The van der Waals surface area contributed by atoms with Crippen LogP contribution in [0.2, 0.25) is 0 Å². The predicted octanol–water partition coefficient (Wildman–Crippen LogP) is 12.6. The summed E-state index contributed by atoms with van der Waals surface area (Å²) in [6.07, 6.45) is 0.771. The van der Waals surface area contributed by atoms with Crippen molar-refractivity contribution in [1.82, 2.24) is 0 Å². The summed E-state index contributed by atoms with van der Waals surface area (Å²) in [5, 5.41) is 0. The van der Waals surface area contributed by atoms with Crippen LogP contribution in [-0.4, -0.2) is 13.2 Å². The van der Waals surface area contributed by atoms with E-state index in [1.807, 2.05) is 72.8 Å². The van der Waals surface area contributed by atoms with Crippen molar-refractivity contribution in [3.8, 4) is 23.0 Å². The van der Waals surface area contributed by atoms with E-state index in [9.17, 15) is 9.13 Å². The van der Waals surface area contributed by atoms with Crippen LogP contribution in [0, 0.1) is 0 Å². The van der Waals surface area contributed by atoms with Crippen molar-refractivity contribution < 1.29 is 36.3 Å². The van der Waals surface area contributed by atoms with E-state index in [4.69, 9.17) is 27.1 Å². The summed E-state index contributed by atoms with van der Waals surface area (Å²) in [6, 6.07) is 52.7. The molecule has 0 bridgehead atoms. The number of benzene rings is 6. The van der Waals surface area contributed by atoms with Gasteiger partial charge in [0.25, 0.3) is 0 Å². The Morgan fingerprint density at radius 2 is 0.630 bits per heavy atom. The molecule has 0 aliphatic carbocycles. The molecule has 6 aromatic carbocycles. The Bertz CT molecular complexity index is 1940. The monoisotopic (exact) mass is 762 g/mol. The third kappa shape index (κ3) is 11.2. The first-order valence-corrected chi connectivity index (χ1v) is 20.9. The van der Waals surface area contributed by atoms with Gasteiger partial charge in [0.05, 0.1) is 13.2 Å². The lowest BCUT2D eigenvalue weighted by molar-refractivity contribution is 0.183.